The Hall–Kier alpha value is -2.22. The molecule has 0 saturated carbocycles. The summed E-state index contributed by atoms with van der Waals surface area (Å²) in [5.41, 5.74) is 0.443. The summed E-state index contributed by atoms with van der Waals surface area (Å²) in [6.45, 7) is 2.50. The Balaban J connectivity index is 1.43. The first-order chi connectivity index (χ1) is 17.5. The molecule has 0 radical (unpaired) electrons. The number of likely N-dealkylation sites (N-methyl/N-ethyl adjacent to an activating group) is 1. The zero-order valence-electron chi connectivity index (χ0n) is 20.8. The lowest BCUT2D eigenvalue weighted by molar-refractivity contribution is -0.120. The van der Waals surface area contributed by atoms with Crippen molar-refractivity contribution >= 4 is 43.2 Å². The normalized spacial score (nSPS) is 20.5. The van der Waals surface area contributed by atoms with Crippen LogP contribution in [0.25, 0.3) is 0 Å². The monoisotopic (exact) mass is 570 g/mol. The van der Waals surface area contributed by atoms with Crippen LogP contribution in [-0.2, 0) is 24.8 Å². The van der Waals surface area contributed by atoms with Crippen LogP contribution < -0.4 is 10.1 Å². The summed E-state index contributed by atoms with van der Waals surface area (Å²) in [4.78, 5) is 15.2. The van der Waals surface area contributed by atoms with E-state index in [0.717, 1.165) is 0 Å². The molecule has 2 saturated heterocycles. The number of methoxy groups -OCH3 is 1. The fourth-order valence-electron chi connectivity index (χ4n) is 4.50. The van der Waals surface area contributed by atoms with E-state index in [0.29, 0.717) is 44.7 Å². The van der Waals surface area contributed by atoms with Gasteiger partial charge in [0.25, 0.3) is 0 Å². The molecule has 2 aromatic rings. The number of halogens is 1. The van der Waals surface area contributed by atoms with Gasteiger partial charge in [-0.15, -0.1) is 0 Å². The fraction of sp³-hybridized carbons (Fsp3) is 0.458. The maximum Gasteiger partial charge on any atom is 0.246 e. The van der Waals surface area contributed by atoms with Gasteiger partial charge in [0.15, 0.2) is 0 Å². The van der Waals surface area contributed by atoms with Crippen molar-refractivity contribution in [3.63, 3.8) is 0 Å². The molecule has 2 heterocycles. The molecule has 4 rings (SSSR count). The molecule has 2 aliphatic rings. The Labute approximate surface area is 223 Å². The average Bonchev–Trinajstić information content (AvgIpc) is 2.89. The van der Waals surface area contributed by atoms with Crippen LogP contribution in [0, 0.1) is 5.92 Å². The highest BCUT2D eigenvalue weighted by Crippen LogP contribution is 2.32. The lowest BCUT2D eigenvalue weighted by Gasteiger charge is -2.32. The summed E-state index contributed by atoms with van der Waals surface area (Å²) in [5.74, 6) is -0.710. The molecule has 1 atom stereocenters. The van der Waals surface area contributed by atoms with Gasteiger partial charge < -0.3 is 15.0 Å². The van der Waals surface area contributed by atoms with Crippen molar-refractivity contribution in [2.45, 2.75) is 22.6 Å². The van der Waals surface area contributed by atoms with Gasteiger partial charge in [0.1, 0.15) is 10.6 Å². The van der Waals surface area contributed by atoms with E-state index >= 15 is 0 Å². The summed E-state index contributed by atoms with van der Waals surface area (Å²) >= 11 is 6.03. The van der Waals surface area contributed by atoms with Gasteiger partial charge in [-0.3, -0.25) is 4.79 Å². The van der Waals surface area contributed by atoms with E-state index in [1.807, 2.05) is 7.05 Å². The second-order valence-electron chi connectivity index (χ2n) is 9.22. The van der Waals surface area contributed by atoms with Crippen LogP contribution in [0.2, 0.25) is 5.02 Å². The van der Waals surface area contributed by atoms with Crippen LogP contribution in [-0.4, -0.2) is 89.7 Å². The van der Waals surface area contributed by atoms with E-state index in [2.05, 4.69) is 10.2 Å². The van der Waals surface area contributed by atoms with E-state index in [1.54, 1.807) is 18.2 Å². The van der Waals surface area contributed by atoms with E-state index in [-0.39, 0.29) is 39.6 Å². The van der Waals surface area contributed by atoms with E-state index in [9.17, 15) is 21.6 Å². The van der Waals surface area contributed by atoms with Crippen molar-refractivity contribution < 1.29 is 26.4 Å². The Morgan fingerprint density at radius 2 is 1.62 bits per heavy atom. The third-order valence-corrected chi connectivity index (χ3v) is 10.8. The summed E-state index contributed by atoms with van der Waals surface area (Å²) in [5, 5.41) is 3.07. The van der Waals surface area contributed by atoms with E-state index in [4.69, 9.17) is 16.3 Å². The maximum atomic E-state index is 13.3. The number of carbonyl (C=O) groups excluding carboxylic acids is 1. The number of hydrogen-bond acceptors (Lipinski definition) is 7. The van der Waals surface area contributed by atoms with Crippen molar-refractivity contribution in [2.24, 2.45) is 5.92 Å². The number of piperidine rings is 1. The van der Waals surface area contributed by atoms with Gasteiger partial charge in [-0.05, 0) is 62.4 Å². The molecule has 0 unspecified atom stereocenters. The van der Waals surface area contributed by atoms with Crippen molar-refractivity contribution in [2.75, 3.05) is 58.7 Å². The van der Waals surface area contributed by atoms with Crippen LogP contribution in [0.3, 0.4) is 0 Å². The lowest BCUT2D eigenvalue weighted by atomic mass is 9.99. The predicted octanol–water partition coefficient (Wildman–Crippen LogP) is 2.32. The Bertz CT molecular complexity index is 1340. The third kappa shape index (κ3) is 6.10. The zero-order valence-corrected chi connectivity index (χ0v) is 23.2. The first-order valence-corrected chi connectivity index (χ1v) is 15.2. The van der Waals surface area contributed by atoms with Crippen LogP contribution in [0.4, 0.5) is 5.69 Å². The SMILES string of the molecule is COc1ccc(Cl)cc1S(=O)(=O)N1CCC[C@@H](C(=O)Nc2ccc(S(=O)(=O)N3CCN(C)CC3)cc2)C1. The van der Waals surface area contributed by atoms with E-state index in [1.165, 1.54) is 40.0 Å². The van der Waals surface area contributed by atoms with Crippen LogP contribution >= 0.6 is 11.6 Å². The molecule has 2 aromatic carbocycles. The molecule has 13 heteroatoms. The molecule has 10 nitrogen and oxygen atoms in total. The standard InChI is InChI=1S/C24H31ClN4O6S2/c1-27-12-14-28(15-13-27)36(31,32)21-8-6-20(7-9-21)26-24(30)18-4-3-11-29(17-18)37(33,34)23-16-19(25)5-10-22(23)35-2/h5-10,16,18H,3-4,11-15,17H2,1-2H3,(H,26,30)/t18-/m1/s1. The third-order valence-electron chi connectivity index (χ3n) is 6.72. The molecule has 1 amide bonds. The van der Waals surface area contributed by atoms with Gasteiger partial charge >= 0.3 is 0 Å². The van der Waals surface area contributed by atoms with Gasteiger partial charge in [0.2, 0.25) is 26.0 Å². The lowest BCUT2D eigenvalue weighted by Crippen LogP contribution is -2.47. The second-order valence-corrected chi connectivity index (χ2v) is 13.5. The molecule has 0 aromatic heterocycles. The molecule has 0 spiro atoms. The van der Waals surface area contributed by atoms with Crippen molar-refractivity contribution in [1.29, 1.82) is 0 Å². The van der Waals surface area contributed by atoms with Crippen LogP contribution in [0.5, 0.6) is 5.75 Å². The number of benzene rings is 2. The van der Waals surface area contributed by atoms with Crippen molar-refractivity contribution in [3.05, 3.63) is 47.5 Å². The number of rotatable bonds is 7. The van der Waals surface area contributed by atoms with Crippen LogP contribution in [0.15, 0.2) is 52.3 Å². The number of hydrogen-bond donors (Lipinski definition) is 1. The molecule has 1 N–H and O–H groups in total. The highest BCUT2D eigenvalue weighted by molar-refractivity contribution is 7.89. The zero-order chi connectivity index (χ0) is 26.8. The highest BCUT2D eigenvalue weighted by Gasteiger charge is 2.35. The number of nitrogens with zero attached hydrogens (tertiary/aromatic N) is 3. The van der Waals surface area contributed by atoms with E-state index < -0.39 is 26.0 Å². The Morgan fingerprint density at radius 1 is 0.946 bits per heavy atom. The number of piperazine rings is 1. The van der Waals surface area contributed by atoms with Gasteiger partial charge in [0.05, 0.1) is 17.9 Å². The minimum absolute atomic E-state index is 0.0136. The average molecular weight is 571 g/mol. The predicted molar refractivity (Wildman–Crippen MR) is 141 cm³/mol. The maximum absolute atomic E-state index is 13.3. The summed E-state index contributed by atoms with van der Waals surface area (Å²) in [6.07, 6.45) is 1.04. The minimum Gasteiger partial charge on any atom is -0.495 e. The van der Waals surface area contributed by atoms with Crippen LogP contribution in [0.1, 0.15) is 12.8 Å². The quantitative estimate of drug-likeness (QED) is 0.543. The molecule has 2 aliphatic heterocycles. The fourth-order valence-corrected chi connectivity index (χ4v) is 7.86. The first kappa shape index (κ1) is 27.8. The Morgan fingerprint density at radius 3 is 2.27 bits per heavy atom. The number of ether oxygens (including phenoxy) is 1. The molecule has 0 aliphatic carbocycles. The minimum atomic E-state index is -3.93. The molecule has 37 heavy (non-hydrogen) atoms. The highest BCUT2D eigenvalue weighted by atomic mass is 35.5. The largest absolute Gasteiger partial charge is 0.495 e. The van der Waals surface area contributed by atoms with Gasteiger partial charge in [-0.25, -0.2) is 16.8 Å². The Kier molecular flexibility index (Phi) is 8.46. The summed E-state index contributed by atoms with van der Waals surface area (Å²) in [6, 6.07) is 10.4. The van der Waals surface area contributed by atoms with Crippen molar-refractivity contribution in [3.8, 4) is 5.75 Å². The molecule has 2 fully saturated rings. The number of nitrogens with one attached hydrogen (secondary N) is 1. The number of carbonyl (C=O) groups is 1. The molecule has 0 bridgehead atoms. The van der Waals surface area contributed by atoms with Gasteiger partial charge in [-0.1, -0.05) is 11.6 Å². The smallest absolute Gasteiger partial charge is 0.246 e. The summed E-state index contributed by atoms with van der Waals surface area (Å²) in [7, 11) is -4.20. The van der Waals surface area contributed by atoms with Gasteiger partial charge in [0, 0.05) is 50.0 Å². The second kappa shape index (κ2) is 11.3. The number of sulfonamides is 2. The van der Waals surface area contributed by atoms with Gasteiger partial charge in [-0.2, -0.15) is 8.61 Å². The number of amides is 1. The molecular formula is C24H31ClN4O6S2. The summed E-state index contributed by atoms with van der Waals surface area (Å²) < 4.78 is 60.5. The number of anilines is 1. The van der Waals surface area contributed by atoms with Crippen molar-refractivity contribution in [1.82, 2.24) is 13.5 Å². The molecule has 202 valence electrons. The first-order valence-electron chi connectivity index (χ1n) is 12.0. The molecular weight excluding hydrogens is 540 g/mol. The topological polar surface area (TPSA) is 116 Å².